The van der Waals surface area contributed by atoms with Gasteiger partial charge in [0.2, 0.25) is 17.7 Å². The highest BCUT2D eigenvalue weighted by atomic mass is 19.4. The van der Waals surface area contributed by atoms with E-state index in [1.165, 1.54) is 18.2 Å². The summed E-state index contributed by atoms with van der Waals surface area (Å²) in [6, 6.07) is 4.90. The zero-order chi connectivity index (χ0) is 23.6. The van der Waals surface area contributed by atoms with Crippen molar-refractivity contribution in [2.75, 3.05) is 51.1 Å². The van der Waals surface area contributed by atoms with Gasteiger partial charge >= 0.3 is 6.18 Å². The Morgan fingerprint density at radius 3 is 1.94 bits per heavy atom. The number of hydrogen-bond acceptors (Lipinski definition) is 4. The molecule has 33 heavy (non-hydrogen) atoms. The molecule has 180 valence electrons. The molecule has 2 heterocycles. The van der Waals surface area contributed by atoms with Crippen molar-refractivity contribution in [3.05, 3.63) is 29.8 Å². The first-order chi connectivity index (χ1) is 15.7. The van der Waals surface area contributed by atoms with E-state index in [1.54, 1.807) is 4.90 Å². The Morgan fingerprint density at radius 1 is 0.818 bits per heavy atom. The van der Waals surface area contributed by atoms with Crippen LogP contribution in [0, 0.1) is 11.8 Å². The van der Waals surface area contributed by atoms with E-state index in [1.807, 2.05) is 9.80 Å². The van der Waals surface area contributed by atoms with Crippen LogP contribution in [0.3, 0.4) is 0 Å². The molecule has 1 aliphatic carbocycles. The summed E-state index contributed by atoms with van der Waals surface area (Å²) in [4.78, 5) is 42.9. The maximum Gasteiger partial charge on any atom is 0.418 e. The molecule has 0 aromatic heterocycles. The fraction of sp³-hybridized carbons (Fsp3) is 0.609. The number of nitrogens with one attached hydrogen (secondary N) is 1. The fourth-order valence-electron chi connectivity index (χ4n) is 4.55. The number of likely N-dealkylation sites (tertiary alicyclic amines) is 1. The number of rotatable bonds is 5. The molecule has 4 rings (SSSR count). The van der Waals surface area contributed by atoms with Gasteiger partial charge in [0, 0.05) is 51.1 Å². The summed E-state index contributed by atoms with van der Waals surface area (Å²) in [5.74, 6) is -0.0759. The molecule has 7 nitrogen and oxygen atoms in total. The van der Waals surface area contributed by atoms with Crippen LogP contribution >= 0.6 is 0 Å². The minimum absolute atomic E-state index is 0.0319. The molecule has 0 radical (unpaired) electrons. The van der Waals surface area contributed by atoms with Gasteiger partial charge in [0.05, 0.1) is 17.8 Å². The summed E-state index contributed by atoms with van der Waals surface area (Å²) in [5.41, 5.74) is -1.13. The van der Waals surface area contributed by atoms with Gasteiger partial charge in [0.25, 0.3) is 0 Å². The number of hydrogen-bond donors (Lipinski definition) is 1. The smallest absolute Gasteiger partial charge is 0.342 e. The molecule has 0 bridgehead atoms. The Bertz CT molecular complexity index is 887. The summed E-state index contributed by atoms with van der Waals surface area (Å²) in [5, 5.41) is 2.36. The Hall–Kier alpha value is -2.62. The highest BCUT2D eigenvalue weighted by Gasteiger charge is 2.37. The number of carbonyl (C=O) groups is 3. The van der Waals surface area contributed by atoms with E-state index in [0.717, 1.165) is 18.9 Å². The van der Waals surface area contributed by atoms with Gasteiger partial charge in [-0.15, -0.1) is 0 Å². The van der Waals surface area contributed by atoms with Crippen LogP contribution in [0.25, 0.3) is 0 Å². The van der Waals surface area contributed by atoms with Gasteiger partial charge in [-0.05, 0) is 37.8 Å². The van der Waals surface area contributed by atoms with Crippen LogP contribution in [0.2, 0.25) is 0 Å². The maximum atomic E-state index is 13.1. The molecule has 0 atom stereocenters. The van der Waals surface area contributed by atoms with Gasteiger partial charge in [0.15, 0.2) is 0 Å². The van der Waals surface area contributed by atoms with E-state index in [2.05, 4.69) is 5.32 Å². The number of anilines is 1. The minimum Gasteiger partial charge on any atom is -0.342 e. The van der Waals surface area contributed by atoms with Crippen molar-refractivity contribution in [1.29, 1.82) is 0 Å². The van der Waals surface area contributed by atoms with Crippen LogP contribution < -0.4 is 5.32 Å². The summed E-state index contributed by atoms with van der Waals surface area (Å²) in [7, 11) is 0. The molecule has 10 heteroatoms. The molecule has 2 aliphatic heterocycles. The van der Waals surface area contributed by atoms with Crippen molar-refractivity contribution in [2.24, 2.45) is 11.8 Å². The average Bonchev–Trinajstić information content (AvgIpc) is 3.64. The minimum atomic E-state index is -4.54. The average molecular weight is 467 g/mol. The van der Waals surface area contributed by atoms with E-state index in [0.29, 0.717) is 52.1 Å². The summed E-state index contributed by atoms with van der Waals surface area (Å²) >= 11 is 0. The number of piperidine rings is 1. The van der Waals surface area contributed by atoms with Gasteiger partial charge in [-0.2, -0.15) is 13.2 Å². The third kappa shape index (κ3) is 5.85. The quantitative estimate of drug-likeness (QED) is 0.724. The summed E-state index contributed by atoms with van der Waals surface area (Å²) in [6.07, 6.45) is -1.22. The molecule has 1 aromatic carbocycles. The van der Waals surface area contributed by atoms with E-state index in [9.17, 15) is 27.6 Å². The Morgan fingerprint density at radius 2 is 1.36 bits per heavy atom. The monoisotopic (exact) mass is 466 g/mol. The second kappa shape index (κ2) is 9.70. The zero-order valence-electron chi connectivity index (χ0n) is 18.4. The fourth-order valence-corrected chi connectivity index (χ4v) is 4.55. The standard InChI is InChI=1S/C23H29F3N4O3/c24-23(25,26)18-3-1-2-4-19(18)27-20(31)15-28-11-13-30(14-12-28)22(33)17-7-9-29(10-8-17)21(32)16-5-6-16/h1-4,16-17H,5-15H2,(H,27,31). The lowest BCUT2D eigenvalue weighted by Gasteiger charge is -2.38. The normalized spacial score (nSPS) is 20.6. The van der Waals surface area contributed by atoms with Crippen LogP contribution in [-0.4, -0.2) is 78.2 Å². The number of benzene rings is 1. The Kier molecular flexibility index (Phi) is 6.92. The predicted molar refractivity (Wildman–Crippen MR) is 115 cm³/mol. The highest BCUT2D eigenvalue weighted by molar-refractivity contribution is 5.93. The topological polar surface area (TPSA) is 73.0 Å². The van der Waals surface area contributed by atoms with Crippen LogP contribution in [0.4, 0.5) is 18.9 Å². The van der Waals surface area contributed by atoms with Crippen LogP contribution in [0.15, 0.2) is 24.3 Å². The van der Waals surface area contributed by atoms with E-state index < -0.39 is 17.6 Å². The molecular weight excluding hydrogens is 437 g/mol. The second-order valence-electron chi connectivity index (χ2n) is 9.07. The van der Waals surface area contributed by atoms with Crippen molar-refractivity contribution in [1.82, 2.24) is 14.7 Å². The van der Waals surface area contributed by atoms with Gasteiger partial charge in [0.1, 0.15) is 0 Å². The highest BCUT2D eigenvalue weighted by Crippen LogP contribution is 2.35. The van der Waals surface area contributed by atoms with Crippen LogP contribution in [0.5, 0.6) is 0 Å². The van der Waals surface area contributed by atoms with Crippen LogP contribution in [0.1, 0.15) is 31.2 Å². The summed E-state index contributed by atoms with van der Waals surface area (Å²) < 4.78 is 39.3. The Balaban J connectivity index is 1.21. The van der Waals surface area contributed by atoms with Crippen molar-refractivity contribution in [3.63, 3.8) is 0 Å². The SMILES string of the molecule is O=C(CN1CCN(C(=O)C2CCN(C(=O)C3CC3)CC2)CC1)Nc1ccccc1C(F)(F)F. The van der Waals surface area contributed by atoms with E-state index in [-0.39, 0.29) is 35.9 Å². The van der Waals surface area contributed by atoms with Gasteiger partial charge < -0.3 is 15.1 Å². The lowest BCUT2D eigenvalue weighted by Crippen LogP contribution is -2.53. The van der Waals surface area contributed by atoms with Crippen LogP contribution in [-0.2, 0) is 20.6 Å². The molecule has 3 amide bonds. The van der Waals surface area contributed by atoms with Gasteiger partial charge in [-0.1, -0.05) is 12.1 Å². The first kappa shape index (κ1) is 23.5. The lowest BCUT2D eigenvalue weighted by molar-refractivity contribution is -0.142. The van der Waals surface area contributed by atoms with Gasteiger partial charge in [-0.25, -0.2) is 0 Å². The van der Waals surface area contributed by atoms with Crippen molar-refractivity contribution < 1.29 is 27.6 Å². The van der Waals surface area contributed by atoms with Crippen molar-refractivity contribution in [3.8, 4) is 0 Å². The number of nitrogens with zero attached hydrogens (tertiary/aromatic N) is 3. The summed E-state index contributed by atoms with van der Waals surface area (Å²) in [6.45, 7) is 3.16. The molecule has 3 fully saturated rings. The Labute approximate surface area is 190 Å². The molecule has 0 spiro atoms. The number of carbonyl (C=O) groups excluding carboxylic acids is 3. The number of piperazine rings is 1. The molecule has 1 N–H and O–H groups in total. The lowest BCUT2D eigenvalue weighted by atomic mass is 9.94. The van der Waals surface area contributed by atoms with E-state index in [4.69, 9.17) is 0 Å². The van der Waals surface area contributed by atoms with E-state index >= 15 is 0 Å². The molecule has 0 unspecified atom stereocenters. The van der Waals surface area contributed by atoms with Crippen molar-refractivity contribution in [2.45, 2.75) is 31.9 Å². The molecule has 1 saturated carbocycles. The number of alkyl halides is 3. The molecule has 3 aliphatic rings. The van der Waals surface area contributed by atoms with Gasteiger partial charge in [-0.3, -0.25) is 19.3 Å². The molecule has 2 saturated heterocycles. The maximum absolute atomic E-state index is 13.1. The molecular formula is C23H29F3N4O3. The number of halogens is 3. The number of para-hydroxylation sites is 1. The van der Waals surface area contributed by atoms with Crippen molar-refractivity contribution >= 4 is 23.4 Å². The first-order valence-corrected chi connectivity index (χ1v) is 11.5. The number of amides is 3. The first-order valence-electron chi connectivity index (χ1n) is 11.5. The predicted octanol–water partition coefficient (Wildman–Crippen LogP) is 2.44. The second-order valence-corrected chi connectivity index (χ2v) is 9.07. The largest absolute Gasteiger partial charge is 0.418 e. The zero-order valence-corrected chi connectivity index (χ0v) is 18.4. The molecule has 1 aromatic rings. The third-order valence-electron chi connectivity index (χ3n) is 6.64. The third-order valence-corrected chi connectivity index (χ3v) is 6.64.